The molecule has 1 aromatic carbocycles. The van der Waals surface area contributed by atoms with Gasteiger partial charge in [-0.25, -0.2) is 0 Å². The summed E-state index contributed by atoms with van der Waals surface area (Å²) >= 11 is 11.8. The van der Waals surface area contributed by atoms with E-state index in [0.29, 0.717) is 15.5 Å². The quantitative estimate of drug-likeness (QED) is 0.582. The van der Waals surface area contributed by atoms with Gasteiger partial charge in [0.1, 0.15) is 0 Å². The van der Waals surface area contributed by atoms with Crippen LogP contribution >= 0.6 is 35.6 Å². The van der Waals surface area contributed by atoms with Crippen molar-refractivity contribution in [3.63, 3.8) is 0 Å². The molecule has 0 aliphatic rings. The number of carbonyl (C=O) groups is 1. The molecule has 0 aliphatic carbocycles. The predicted molar refractivity (Wildman–Crippen MR) is 59.5 cm³/mol. The number of hydrogen-bond acceptors (Lipinski definition) is 3. The molecule has 0 bridgehead atoms. The van der Waals surface area contributed by atoms with E-state index in [-0.39, 0.29) is 0 Å². The normalized spacial score (nSPS) is 10.6. The Balaban J connectivity index is 2.91. The van der Waals surface area contributed by atoms with E-state index in [1.165, 1.54) is 0 Å². The molecule has 66 valence electrons. The van der Waals surface area contributed by atoms with Crippen molar-refractivity contribution in [2.45, 2.75) is 4.90 Å². The fourth-order valence-corrected chi connectivity index (χ4v) is 2.91. The monoisotopic (exact) mass is 228 g/mol. The van der Waals surface area contributed by atoms with Crippen LogP contribution in [0, 0.1) is 0 Å². The Labute approximate surface area is 89.7 Å². The van der Waals surface area contributed by atoms with Crippen LogP contribution in [0.5, 0.6) is 0 Å². The van der Waals surface area contributed by atoms with Crippen molar-refractivity contribution in [2.24, 2.45) is 0 Å². The maximum atomic E-state index is 10.6. The van der Waals surface area contributed by atoms with Crippen LogP contribution in [-0.2, 0) is 0 Å². The molecule has 0 aliphatic heterocycles. The van der Waals surface area contributed by atoms with E-state index in [4.69, 9.17) is 11.6 Å². The van der Waals surface area contributed by atoms with Crippen molar-refractivity contribution < 1.29 is 4.79 Å². The van der Waals surface area contributed by atoms with Gasteiger partial charge in [-0.15, -0.1) is 24.0 Å². The summed E-state index contributed by atoms with van der Waals surface area (Å²) in [5.74, 6) is 0. The molecular formula is C9H5ClOS2. The molecule has 4 heteroatoms. The largest absolute Gasteiger partial charge is 0.298 e. The van der Waals surface area contributed by atoms with Crippen molar-refractivity contribution in [1.29, 1.82) is 0 Å². The van der Waals surface area contributed by atoms with Crippen LogP contribution in [0.3, 0.4) is 0 Å². The predicted octanol–water partition coefficient (Wildman–Crippen LogP) is 3.66. The molecule has 0 radical (unpaired) electrons. The maximum absolute atomic E-state index is 10.6. The zero-order valence-corrected chi connectivity index (χ0v) is 8.92. The highest BCUT2D eigenvalue weighted by Gasteiger charge is 2.08. The Morgan fingerprint density at radius 2 is 2.23 bits per heavy atom. The minimum Gasteiger partial charge on any atom is -0.298 e. The minimum absolute atomic E-state index is 0.580. The van der Waals surface area contributed by atoms with Gasteiger partial charge in [-0.2, -0.15) is 0 Å². The van der Waals surface area contributed by atoms with Gasteiger partial charge in [-0.1, -0.05) is 11.6 Å². The van der Waals surface area contributed by atoms with Crippen molar-refractivity contribution in [3.8, 4) is 0 Å². The summed E-state index contributed by atoms with van der Waals surface area (Å²) in [6.07, 6.45) is 0.787. The third-order valence-electron chi connectivity index (χ3n) is 1.83. The summed E-state index contributed by atoms with van der Waals surface area (Å²) in [5.41, 5.74) is 0.580. The van der Waals surface area contributed by atoms with Crippen molar-refractivity contribution >= 4 is 51.9 Å². The Morgan fingerprint density at radius 3 is 2.92 bits per heavy atom. The van der Waals surface area contributed by atoms with Gasteiger partial charge >= 0.3 is 0 Å². The zero-order chi connectivity index (χ0) is 9.42. The SMILES string of the molecule is O=Cc1ccc2scc(Cl)c2c1S. The van der Waals surface area contributed by atoms with Crippen LogP contribution in [0.2, 0.25) is 5.02 Å². The molecule has 0 spiro atoms. The molecule has 1 nitrogen and oxygen atoms in total. The third kappa shape index (κ3) is 1.37. The van der Waals surface area contributed by atoms with Gasteiger partial charge in [0.15, 0.2) is 6.29 Å². The smallest absolute Gasteiger partial charge is 0.151 e. The molecular weight excluding hydrogens is 224 g/mol. The summed E-state index contributed by atoms with van der Waals surface area (Å²) in [5, 5.41) is 3.38. The number of thiol groups is 1. The summed E-state index contributed by atoms with van der Waals surface area (Å²) in [7, 11) is 0. The fourth-order valence-electron chi connectivity index (χ4n) is 1.19. The summed E-state index contributed by atoms with van der Waals surface area (Å²) < 4.78 is 1.06. The molecule has 0 saturated carbocycles. The van der Waals surface area contributed by atoms with Crippen LogP contribution in [0.25, 0.3) is 10.1 Å². The van der Waals surface area contributed by atoms with Crippen LogP contribution in [0.1, 0.15) is 10.4 Å². The second kappa shape index (κ2) is 3.33. The van der Waals surface area contributed by atoms with Crippen LogP contribution < -0.4 is 0 Å². The van der Waals surface area contributed by atoms with E-state index < -0.39 is 0 Å². The lowest BCUT2D eigenvalue weighted by Crippen LogP contribution is -1.82. The Kier molecular flexibility index (Phi) is 2.32. The zero-order valence-electron chi connectivity index (χ0n) is 6.45. The van der Waals surface area contributed by atoms with E-state index in [9.17, 15) is 4.79 Å². The lowest BCUT2D eigenvalue weighted by Gasteiger charge is -1.99. The number of fused-ring (bicyclic) bond motifs is 1. The van der Waals surface area contributed by atoms with E-state index in [0.717, 1.165) is 16.4 Å². The van der Waals surface area contributed by atoms with Gasteiger partial charge in [0.05, 0.1) is 5.02 Å². The first-order valence-electron chi connectivity index (χ1n) is 3.58. The lowest BCUT2D eigenvalue weighted by molar-refractivity contribution is 0.112. The highest BCUT2D eigenvalue weighted by Crippen LogP contribution is 2.35. The van der Waals surface area contributed by atoms with Gasteiger partial charge in [-0.3, -0.25) is 4.79 Å². The molecule has 0 fully saturated rings. The second-order valence-electron chi connectivity index (χ2n) is 2.58. The Hall–Kier alpha value is -0.510. The molecule has 1 heterocycles. The third-order valence-corrected chi connectivity index (χ3v) is 3.68. The van der Waals surface area contributed by atoms with Gasteiger partial charge in [0, 0.05) is 25.9 Å². The summed E-state index contributed by atoms with van der Waals surface area (Å²) in [6, 6.07) is 3.64. The highest BCUT2D eigenvalue weighted by molar-refractivity contribution is 7.80. The van der Waals surface area contributed by atoms with E-state index in [2.05, 4.69) is 12.6 Å². The number of rotatable bonds is 1. The maximum Gasteiger partial charge on any atom is 0.151 e. The number of thiophene rings is 1. The first-order valence-corrected chi connectivity index (χ1v) is 5.28. The average molecular weight is 229 g/mol. The van der Waals surface area contributed by atoms with Crippen LogP contribution in [0.15, 0.2) is 22.4 Å². The first-order chi connectivity index (χ1) is 6.24. The van der Waals surface area contributed by atoms with Crippen molar-refractivity contribution in [2.75, 3.05) is 0 Å². The first kappa shape index (κ1) is 9.06. The highest BCUT2D eigenvalue weighted by atomic mass is 35.5. The van der Waals surface area contributed by atoms with E-state index >= 15 is 0 Å². The van der Waals surface area contributed by atoms with Crippen molar-refractivity contribution in [3.05, 3.63) is 28.1 Å². The van der Waals surface area contributed by atoms with Gasteiger partial charge < -0.3 is 0 Å². The van der Waals surface area contributed by atoms with Gasteiger partial charge in [0.2, 0.25) is 0 Å². The standard InChI is InChI=1S/C9H5ClOS2/c10-6-4-13-7-2-1-5(3-11)9(12)8(6)7/h1-4,12H. The number of benzene rings is 1. The topological polar surface area (TPSA) is 17.1 Å². The number of aldehydes is 1. The number of halogens is 1. The summed E-state index contributed by atoms with van der Waals surface area (Å²) in [6.45, 7) is 0. The van der Waals surface area contributed by atoms with Crippen LogP contribution in [-0.4, -0.2) is 6.29 Å². The molecule has 0 saturated heterocycles. The van der Waals surface area contributed by atoms with Crippen LogP contribution in [0.4, 0.5) is 0 Å². The van der Waals surface area contributed by atoms with Gasteiger partial charge in [0.25, 0.3) is 0 Å². The molecule has 0 atom stereocenters. The number of carbonyl (C=O) groups excluding carboxylic acids is 1. The molecule has 1 aromatic heterocycles. The Bertz CT molecular complexity index is 476. The minimum atomic E-state index is 0.580. The summed E-state index contributed by atoms with van der Waals surface area (Å²) in [4.78, 5) is 11.3. The molecule has 2 rings (SSSR count). The molecule has 2 aromatic rings. The molecule has 13 heavy (non-hydrogen) atoms. The number of hydrogen-bond donors (Lipinski definition) is 1. The van der Waals surface area contributed by atoms with E-state index in [1.807, 2.05) is 11.4 Å². The molecule has 0 amide bonds. The second-order valence-corrected chi connectivity index (χ2v) is 4.34. The van der Waals surface area contributed by atoms with Crippen molar-refractivity contribution in [1.82, 2.24) is 0 Å². The average Bonchev–Trinajstić information content (AvgIpc) is 2.49. The fraction of sp³-hybridized carbons (Fsp3) is 0. The lowest BCUT2D eigenvalue weighted by atomic mass is 10.2. The Morgan fingerprint density at radius 1 is 1.46 bits per heavy atom. The molecule has 0 unspecified atom stereocenters. The van der Waals surface area contributed by atoms with Gasteiger partial charge in [-0.05, 0) is 12.1 Å². The van der Waals surface area contributed by atoms with E-state index in [1.54, 1.807) is 17.4 Å². The molecule has 0 N–H and O–H groups in total.